The topological polar surface area (TPSA) is 172 Å². The zero-order valence-corrected chi connectivity index (χ0v) is 14.3. The van der Waals surface area contributed by atoms with Crippen molar-refractivity contribution in [2.45, 2.75) is 0 Å². The fourth-order valence-corrected chi connectivity index (χ4v) is 0. The van der Waals surface area contributed by atoms with Crippen LogP contribution in [-0.2, 0) is 9.13 Å². The predicted molar refractivity (Wildman–Crippen MR) is 26.7 cm³/mol. The van der Waals surface area contributed by atoms with Gasteiger partial charge in [0, 0.05) is 0 Å². The first-order valence-corrected chi connectivity index (χ1v) is 4.38. The Morgan fingerprint density at radius 1 is 0.583 bits per heavy atom. The van der Waals surface area contributed by atoms with E-state index in [1.807, 2.05) is 0 Å². The van der Waals surface area contributed by atoms with Crippen molar-refractivity contribution in [3.05, 3.63) is 0 Å². The summed E-state index contributed by atoms with van der Waals surface area (Å²) in [5.74, 6) is 0. The first kappa shape index (κ1) is 24.4. The molecule has 64 valence electrons. The minimum absolute atomic E-state index is 0. The first-order chi connectivity index (χ1) is 4.00. The third-order valence-corrected chi connectivity index (χ3v) is 0. The summed E-state index contributed by atoms with van der Waals surface area (Å²) in [4.78, 5) is 51.3. The van der Waals surface area contributed by atoms with E-state index >= 15 is 0 Å². The smallest absolute Gasteiger partial charge is 0.822 e. The molecule has 0 radical (unpaired) electrons. The van der Waals surface area contributed by atoms with Crippen LogP contribution in [0.5, 0.6) is 0 Å². The van der Waals surface area contributed by atoms with E-state index in [1.54, 1.807) is 0 Å². The summed E-state index contributed by atoms with van der Waals surface area (Å²) in [5.41, 5.74) is 0. The van der Waals surface area contributed by atoms with Crippen molar-refractivity contribution in [1.29, 1.82) is 0 Å². The molecule has 0 aliphatic rings. The van der Waals surface area contributed by atoms with Gasteiger partial charge in [-0.1, -0.05) is 0 Å². The summed E-state index contributed by atoms with van der Waals surface area (Å²) >= 11 is 0. The molecule has 0 amide bonds. The minimum Gasteiger partial charge on any atom is -0.822 e. The van der Waals surface area contributed by atoms with Gasteiger partial charge in [-0.3, -0.25) is 0 Å². The molecule has 0 unspecified atom stereocenters. The van der Waals surface area contributed by atoms with Gasteiger partial charge in [0.2, 0.25) is 0 Å². The molecule has 0 aromatic heterocycles. The Labute approximate surface area is 142 Å². The molecule has 0 aliphatic heterocycles. The number of phosphoric acid groups is 2. The molecule has 0 aromatic rings. The Morgan fingerprint density at radius 3 is 0.583 bits per heavy atom. The van der Waals surface area contributed by atoms with Crippen LogP contribution in [0, 0.1) is 0 Å². The summed E-state index contributed by atoms with van der Waals surface area (Å²) in [7, 11) is -10.8. The molecule has 0 atom stereocenters. The molecule has 0 spiro atoms. The molecule has 8 nitrogen and oxygen atoms in total. The fourth-order valence-electron chi connectivity index (χ4n) is 0. The van der Waals surface area contributed by atoms with Crippen LogP contribution in [0.25, 0.3) is 0 Å². The van der Waals surface area contributed by atoms with Crippen LogP contribution in [-0.4, -0.2) is 91.0 Å². The van der Waals surface area contributed by atoms with E-state index in [4.69, 9.17) is 38.5 Å². The van der Waals surface area contributed by atoms with Crippen LogP contribution in [0.2, 0.25) is 0 Å². The zero-order chi connectivity index (χ0) is 9.00. The standard InChI is InChI=1S/2H3O4P.2Sr/c2*1-5(2,3)4;;/h2*(H3,1,2,3,4);;/q;;2*+2/p-6. The summed E-state index contributed by atoms with van der Waals surface area (Å²) < 4.78 is 17.1. The second-order valence-electron chi connectivity index (χ2n) is 0.894. The average molecular weight is 365 g/mol. The summed E-state index contributed by atoms with van der Waals surface area (Å²) in [6, 6.07) is 0. The van der Waals surface area contributed by atoms with E-state index in [1.165, 1.54) is 0 Å². The van der Waals surface area contributed by atoms with E-state index in [0.29, 0.717) is 0 Å². The van der Waals surface area contributed by atoms with Gasteiger partial charge in [0.05, 0.1) is 0 Å². The Bertz CT molecular complexity index is 127. The SMILES string of the molecule is O=P([O-])([O-])[O-].O=P([O-])([O-])[O-].[Sr+2].[Sr+2]. The van der Waals surface area contributed by atoms with Crippen molar-refractivity contribution < 1.29 is 38.5 Å². The largest absolute Gasteiger partial charge is 2.00 e. The third-order valence-electron chi connectivity index (χ3n) is 0. The summed E-state index contributed by atoms with van der Waals surface area (Å²) in [6.45, 7) is 0. The molecule has 12 heteroatoms. The van der Waals surface area contributed by atoms with Gasteiger partial charge in [0.1, 0.15) is 0 Å². The molecule has 0 heterocycles. The van der Waals surface area contributed by atoms with E-state index in [2.05, 4.69) is 0 Å². The molecule has 0 rings (SSSR count). The summed E-state index contributed by atoms with van der Waals surface area (Å²) in [6.07, 6.45) is 0. The normalized spacial score (nSPS) is 9.83. The zero-order valence-electron chi connectivity index (χ0n) is 5.57. The van der Waals surface area contributed by atoms with Crippen LogP contribution in [0.15, 0.2) is 0 Å². The maximum Gasteiger partial charge on any atom is 2.00 e. The number of rotatable bonds is 0. The van der Waals surface area contributed by atoms with E-state index in [-0.39, 0.29) is 91.0 Å². The minimum atomic E-state index is -5.39. The van der Waals surface area contributed by atoms with Gasteiger partial charge >= 0.3 is 91.0 Å². The predicted octanol–water partition coefficient (Wildman–Crippen LogP) is -6.41. The molecule has 0 N–H and O–H groups in total. The van der Waals surface area contributed by atoms with Gasteiger partial charge in [-0.2, -0.15) is 15.6 Å². The van der Waals surface area contributed by atoms with Crippen LogP contribution < -0.4 is 29.4 Å². The van der Waals surface area contributed by atoms with Crippen molar-refractivity contribution >= 4 is 107 Å². The van der Waals surface area contributed by atoms with Crippen LogP contribution in [0.4, 0.5) is 0 Å². The molecular weight excluding hydrogens is 365 g/mol. The van der Waals surface area contributed by atoms with Crippen LogP contribution >= 0.6 is 15.6 Å². The van der Waals surface area contributed by atoms with Gasteiger partial charge in [0.25, 0.3) is 0 Å². The Morgan fingerprint density at radius 2 is 0.583 bits per heavy atom. The Balaban J connectivity index is -0.0000000457. The van der Waals surface area contributed by atoms with E-state index < -0.39 is 15.6 Å². The number of hydrogen-bond acceptors (Lipinski definition) is 8. The van der Waals surface area contributed by atoms with E-state index in [0.717, 1.165) is 0 Å². The Kier molecular flexibility index (Phi) is 21.8. The molecule has 12 heavy (non-hydrogen) atoms. The molecule has 0 aliphatic carbocycles. The molecule has 0 aromatic carbocycles. The molecule has 0 fully saturated rings. The van der Waals surface area contributed by atoms with Crippen molar-refractivity contribution in [2.75, 3.05) is 0 Å². The van der Waals surface area contributed by atoms with Crippen molar-refractivity contribution in [3.8, 4) is 0 Å². The van der Waals surface area contributed by atoms with Gasteiger partial charge in [-0.25, -0.2) is 0 Å². The van der Waals surface area contributed by atoms with Crippen molar-refractivity contribution in [1.82, 2.24) is 0 Å². The van der Waals surface area contributed by atoms with Crippen LogP contribution in [0.1, 0.15) is 0 Å². The summed E-state index contributed by atoms with van der Waals surface area (Å²) in [5, 5.41) is 0. The Hall–Kier alpha value is 3.18. The quantitative estimate of drug-likeness (QED) is 0.301. The molecular formula is O8P2Sr2-2. The van der Waals surface area contributed by atoms with Crippen molar-refractivity contribution in [2.24, 2.45) is 0 Å². The van der Waals surface area contributed by atoms with Gasteiger partial charge in [-0.05, 0) is 0 Å². The van der Waals surface area contributed by atoms with Crippen molar-refractivity contribution in [3.63, 3.8) is 0 Å². The second-order valence-corrected chi connectivity index (χ2v) is 2.68. The van der Waals surface area contributed by atoms with Gasteiger partial charge < -0.3 is 38.5 Å². The monoisotopic (exact) mass is 366 g/mol. The third kappa shape index (κ3) is 193. The van der Waals surface area contributed by atoms with Gasteiger partial charge in [0.15, 0.2) is 0 Å². The molecule has 0 saturated carbocycles. The first-order valence-electron chi connectivity index (χ1n) is 1.46. The number of hydrogen-bond donors (Lipinski definition) is 0. The maximum atomic E-state index is 8.55. The van der Waals surface area contributed by atoms with Crippen LogP contribution in [0.3, 0.4) is 0 Å². The second kappa shape index (κ2) is 10.7. The fraction of sp³-hybridized carbons (Fsp3) is 0. The maximum absolute atomic E-state index is 8.55. The molecule has 0 saturated heterocycles. The van der Waals surface area contributed by atoms with Gasteiger partial charge in [-0.15, -0.1) is 0 Å². The molecule has 0 bridgehead atoms. The average Bonchev–Trinajstić information content (AvgIpc) is 1.12. The van der Waals surface area contributed by atoms with E-state index in [9.17, 15) is 0 Å².